The molecule has 0 aliphatic carbocycles. The van der Waals surface area contributed by atoms with Crippen LogP contribution < -0.4 is 5.32 Å². The molecule has 0 radical (unpaired) electrons. The third-order valence-electron chi connectivity index (χ3n) is 6.20. The average Bonchev–Trinajstić information content (AvgIpc) is 3.05. The van der Waals surface area contributed by atoms with Gasteiger partial charge < -0.3 is 14.8 Å². The molecule has 2 heterocycles. The van der Waals surface area contributed by atoms with Crippen LogP contribution in [0.25, 0.3) is 21.8 Å². The van der Waals surface area contributed by atoms with Crippen LogP contribution in [0.15, 0.2) is 42.5 Å². The minimum Gasteiger partial charge on any atom is -0.352 e. The van der Waals surface area contributed by atoms with E-state index in [0.717, 1.165) is 37.0 Å². The lowest BCUT2D eigenvalue weighted by atomic mass is 10.0. The van der Waals surface area contributed by atoms with Gasteiger partial charge in [-0.3, -0.25) is 4.79 Å². The Morgan fingerprint density at radius 3 is 2.75 bits per heavy atom. The number of aromatic nitrogens is 1. The summed E-state index contributed by atoms with van der Waals surface area (Å²) in [4.78, 5) is 15.2. The van der Waals surface area contributed by atoms with Gasteiger partial charge in [0.05, 0.1) is 0 Å². The summed E-state index contributed by atoms with van der Waals surface area (Å²) < 4.78 is 2.31. The Morgan fingerprint density at radius 1 is 1.11 bits per heavy atom. The van der Waals surface area contributed by atoms with Crippen molar-refractivity contribution in [2.24, 2.45) is 0 Å². The number of hydrogen-bond donors (Lipinski definition) is 1. The molecular formula is C24H31N3O. The summed E-state index contributed by atoms with van der Waals surface area (Å²) in [5, 5.41) is 5.49. The monoisotopic (exact) mass is 377 g/mol. The van der Waals surface area contributed by atoms with Crippen molar-refractivity contribution in [2.45, 2.75) is 52.1 Å². The normalized spacial score (nSPS) is 18.0. The van der Waals surface area contributed by atoms with E-state index >= 15 is 0 Å². The van der Waals surface area contributed by atoms with Crippen LogP contribution in [0.2, 0.25) is 0 Å². The minimum atomic E-state index is 0.0296. The van der Waals surface area contributed by atoms with Crippen molar-refractivity contribution in [3.8, 4) is 0 Å². The SMILES string of the molecule is CCn1c2ccccc2c2cc(C(=O)NCCCN3CCCCC3C)ccc21. The van der Waals surface area contributed by atoms with Crippen LogP contribution in [0.1, 0.15) is 49.9 Å². The lowest BCUT2D eigenvalue weighted by Crippen LogP contribution is -2.39. The number of fused-ring (bicyclic) bond motifs is 3. The van der Waals surface area contributed by atoms with E-state index in [2.05, 4.69) is 59.0 Å². The Kier molecular flexibility index (Phi) is 5.67. The third-order valence-corrected chi connectivity index (χ3v) is 6.20. The topological polar surface area (TPSA) is 37.3 Å². The number of likely N-dealkylation sites (tertiary alicyclic amines) is 1. The largest absolute Gasteiger partial charge is 0.352 e. The van der Waals surface area contributed by atoms with E-state index in [0.29, 0.717) is 6.04 Å². The highest BCUT2D eigenvalue weighted by Gasteiger charge is 2.17. The van der Waals surface area contributed by atoms with Crippen LogP contribution in [0.3, 0.4) is 0 Å². The van der Waals surface area contributed by atoms with E-state index in [1.165, 1.54) is 42.2 Å². The van der Waals surface area contributed by atoms with E-state index in [1.807, 2.05) is 12.1 Å². The number of amides is 1. The number of carbonyl (C=O) groups excluding carboxylic acids is 1. The van der Waals surface area contributed by atoms with E-state index in [4.69, 9.17) is 0 Å². The van der Waals surface area contributed by atoms with Gasteiger partial charge in [0.15, 0.2) is 0 Å². The molecule has 148 valence electrons. The van der Waals surface area contributed by atoms with Crippen molar-refractivity contribution in [1.29, 1.82) is 0 Å². The summed E-state index contributed by atoms with van der Waals surface area (Å²) in [5.74, 6) is 0.0296. The van der Waals surface area contributed by atoms with Crippen molar-refractivity contribution in [2.75, 3.05) is 19.6 Å². The molecule has 1 aliphatic heterocycles. The molecule has 1 unspecified atom stereocenters. The highest BCUT2D eigenvalue weighted by molar-refractivity contribution is 6.10. The molecule has 4 rings (SSSR count). The molecule has 1 saturated heterocycles. The molecule has 1 fully saturated rings. The van der Waals surface area contributed by atoms with E-state index < -0.39 is 0 Å². The van der Waals surface area contributed by atoms with Gasteiger partial charge in [0, 0.05) is 53.0 Å². The maximum atomic E-state index is 12.7. The van der Waals surface area contributed by atoms with Crippen molar-refractivity contribution < 1.29 is 4.79 Å². The lowest BCUT2D eigenvalue weighted by Gasteiger charge is -2.33. The quantitative estimate of drug-likeness (QED) is 0.626. The third kappa shape index (κ3) is 3.66. The van der Waals surface area contributed by atoms with Crippen LogP contribution in [0.5, 0.6) is 0 Å². The molecule has 0 bridgehead atoms. The highest BCUT2D eigenvalue weighted by atomic mass is 16.1. The fourth-order valence-corrected chi connectivity index (χ4v) is 4.61. The summed E-state index contributed by atoms with van der Waals surface area (Å²) in [6.45, 7) is 8.41. The summed E-state index contributed by atoms with van der Waals surface area (Å²) in [7, 11) is 0. The summed E-state index contributed by atoms with van der Waals surface area (Å²) >= 11 is 0. The molecule has 3 aromatic rings. The minimum absolute atomic E-state index is 0.0296. The molecule has 0 saturated carbocycles. The molecule has 28 heavy (non-hydrogen) atoms. The van der Waals surface area contributed by atoms with Gasteiger partial charge >= 0.3 is 0 Å². The zero-order valence-corrected chi connectivity index (χ0v) is 17.1. The van der Waals surface area contributed by atoms with Gasteiger partial charge in [-0.05, 0) is 63.9 Å². The number of nitrogens with one attached hydrogen (secondary N) is 1. The molecule has 2 aromatic carbocycles. The molecule has 4 heteroatoms. The van der Waals surface area contributed by atoms with Crippen LogP contribution in [0, 0.1) is 0 Å². The molecule has 1 atom stereocenters. The fraction of sp³-hybridized carbons (Fsp3) is 0.458. The van der Waals surface area contributed by atoms with Crippen molar-refractivity contribution in [3.63, 3.8) is 0 Å². The first-order chi connectivity index (χ1) is 13.7. The number of benzene rings is 2. The van der Waals surface area contributed by atoms with E-state index in [-0.39, 0.29) is 5.91 Å². The van der Waals surface area contributed by atoms with Gasteiger partial charge in [-0.1, -0.05) is 24.6 Å². The van der Waals surface area contributed by atoms with Gasteiger partial charge in [-0.25, -0.2) is 0 Å². The molecule has 4 nitrogen and oxygen atoms in total. The lowest BCUT2D eigenvalue weighted by molar-refractivity contribution is 0.0949. The number of rotatable bonds is 6. The maximum Gasteiger partial charge on any atom is 0.251 e. The van der Waals surface area contributed by atoms with E-state index in [9.17, 15) is 4.79 Å². The van der Waals surface area contributed by atoms with Crippen LogP contribution >= 0.6 is 0 Å². The Labute approximate surface area is 167 Å². The van der Waals surface area contributed by atoms with Crippen molar-refractivity contribution in [3.05, 3.63) is 48.0 Å². The van der Waals surface area contributed by atoms with E-state index in [1.54, 1.807) is 0 Å². The number of para-hydroxylation sites is 1. The van der Waals surface area contributed by atoms with Gasteiger partial charge in [0.1, 0.15) is 0 Å². The zero-order valence-electron chi connectivity index (χ0n) is 17.1. The number of hydrogen-bond acceptors (Lipinski definition) is 2. The first-order valence-corrected chi connectivity index (χ1v) is 10.7. The first-order valence-electron chi connectivity index (χ1n) is 10.7. The smallest absolute Gasteiger partial charge is 0.251 e. The van der Waals surface area contributed by atoms with Crippen molar-refractivity contribution in [1.82, 2.24) is 14.8 Å². The summed E-state index contributed by atoms with van der Waals surface area (Å²) in [6, 6.07) is 15.2. The van der Waals surface area contributed by atoms with Gasteiger partial charge in [0.2, 0.25) is 0 Å². The predicted octanol–water partition coefficient (Wildman–Crippen LogP) is 4.81. The fourth-order valence-electron chi connectivity index (χ4n) is 4.61. The second-order valence-electron chi connectivity index (χ2n) is 7.98. The Hall–Kier alpha value is -2.33. The number of piperidine rings is 1. The number of nitrogens with zero attached hydrogens (tertiary/aromatic N) is 2. The second-order valence-corrected chi connectivity index (χ2v) is 7.98. The Balaban J connectivity index is 1.44. The molecule has 1 amide bonds. The first kappa shape index (κ1) is 19.0. The number of aryl methyl sites for hydroxylation is 1. The summed E-state index contributed by atoms with van der Waals surface area (Å²) in [5.41, 5.74) is 3.17. The summed E-state index contributed by atoms with van der Waals surface area (Å²) in [6.07, 6.45) is 4.97. The highest BCUT2D eigenvalue weighted by Crippen LogP contribution is 2.29. The van der Waals surface area contributed by atoms with Crippen LogP contribution in [-0.4, -0.2) is 41.1 Å². The molecular weight excluding hydrogens is 346 g/mol. The van der Waals surface area contributed by atoms with Gasteiger partial charge in [-0.2, -0.15) is 0 Å². The molecule has 1 aliphatic rings. The van der Waals surface area contributed by atoms with Gasteiger partial charge in [0.25, 0.3) is 5.91 Å². The molecule has 0 spiro atoms. The molecule has 1 N–H and O–H groups in total. The van der Waals surface area contributed by atoms with Crippen LogP contribution in [-0.2, 0) is 6.54 Å². The Bertz CT molecular complexity index is 975. The number of carbonyl (C=O) groups is 1. The molecule has 1 aromatic heterocycles. The average molecular weight is 378 g/mol. The Morgan fingerprint density at radius 2 is 1.93 bits per heavy atom. The predicted molar refractivity (Wildman–Crippen MR) is 117 cm³/mol. The van der Waals surface area contributed by atoms with Gasteiger partial charge in [-0.15, -0.1) is 0 Å². The second kappa shape index (κ2) is 8.36. The maximum absolute atomic E-state index is 12.7. The standard InChI is InChI=1S/C24H31N3O/c1-3-27-22-11-5-4-10-20(22)21-17-19(12-13-23(21)27)24(28)25-14-8-16-26-15-7-6-9-18(26)2/h4-5,10-13,17-18H,3,6-9,14-16H2,1-2H3,(H,25,28). The van der Waals surface area contributed by atoms with Crippen LogP contribution in [0.4, 0.5) is 0 Å². The zero-order chi connectivity index (χ0) is 19.5. The van der Waals surface area contributed by atoms with Crippen molar-refractivity contribution >= 4 is 27.7 Å².